The van der Waals surface area contributed by atoms with E-state index in [1.54, 1.807) is 41.3 Å². The molecule has 3 aromatic rings. The average Bonchev–Trinajstić information content (AvgIpc) is 2.82. The SMILES string of the molecule is O=C(NCCCO)C(c1ccccc1)N(Cc1ccc(Cl)cc1)C(=O)Cc1ccc(Cl)cc1. The largest absolute Gasteiger partial charge is 0.396 e. The smallest absolute Gasteiger partial charge is 0.247 e. The molecule has 0 bridgehead atoms. The molecule has 0 aromatic heterocycles. The van der Waals surface area contributed by atoms with E-state index >= 15 is 0 Å². The first-order valence-corrected chi connectivity index (χ1v) is 11.5. The number of aliphatic hydroxyl groups is 1. The van der Waals surface area contributed by atoms with Gasteiger partial charge in [0.2, 0.25) is 11.8 Å². The van der Waals surface area contributed by atoms with Crippen LogP contribution in [0.5, 0.6) is 0 Å². The second-order valence-electron chi connectivity index (χ2n) is 7.63. The molecule has 0 fully saturated rings. The zero-order valence-electron chi connectivity index (χ0n) is 18.1. The molecule has 0 saturated heterocycles. The van der Waals surface area contributed by atoms with Gasteiger partial charge < -0.3 is 15.3 Å². The summed E-state index contributed by atoms with van der Waals surface area (Å²) in [7, 11) is 0. The summed E-state index contributed by atoms with van der Waals surface area (Å²) < 4.78 is 0. The summed E-state index contributed by atoms with van der Waals surface area (Å²) in [6.45, 7) is 0.523. The summed E-state index contributed by atoms with van der Waals surface area (Å²) in [5.41, 5.74) is 2.36. The minimum absolute atomic E-state index is 0.0275. The number of halogens is 2. The molecular formula is C26H26Cl2N2O3. The van der Waals surface area contributed by atoms with Crippen LogP contribution in [0.2, 0.25) is 10.0 Å². The van der Waals surface area contributed by atoms with E-state index in [1.807, 2.05) is 42.5 Å². The summed E-state index contributed by atoms with van der Waals surface area (Å²) in [6, 6.07) is 22.7. The van der Waals surface area contributed by atoms with E-state index in [2.05, 4.69) is 5.32 Å². The summed E-state index contributed by atoms with van der Waals surface area (Å²) in [4.78, 5) is 28.4. The summed E-state index contributed by atoms with van der Waals surface area (Å²) in [5.74, 6) is -0.494. The highest BCUT2D eigenvalue weighted by molar-refractivity contribution is 6.30. The first kappa shape index (κ1) is 24.8. The maximum atomic E-state index is 13.6. The van der Waals surface area contributed by atoms with Crippen LogP contribution >= 0.6 is 23.2 Å². The van der Waals surface area contributed by atoms with Crippen molar-refractivity contribution in [3.63, 3.8) is 0 Å². The molecule has 7 heteroatoms. The number of hydrogen-bond acceptors (Lipinski definition) is 3. The van der Waals surface area contributed by atoms with Crippen LogP contribution in [0, 0.1) is 0 Å². The van der Waals surface area contributed by atoms with Gasteiger partial charge in [-0.3, -0.25) is 9.59 Å². The summed E-state index contributed by atoms with van der Waals surface area (Å²) >= 11 is 12.0. The maximum Gasteiger partial charge on any atom is 0.247 e. The number of aliphatic hydroxyl groups excluding tert-OH is 1. The normalized spacial score (nSPS) is 11.6. The molecule has 2 amide bonds. The molecule has 0 saturated carbocycles. The maximum absolute atomic E-state index is 13.6. The molecule has 172 valence electrons. The van der Waals surface area contributed by atoms with Gasteiger partial charge in [0.25, 0.3) is 0 Å². The van der Waals surface area contributed by atoms with E-state index in [1.165, 1.54) is 0 Å². The Bertz CT molecular complexity index is 1040. The molecule has 2 N–H and O–H groups in total. The minimum Gasteiger partial charge on any atom is -0.396 e. The molecule has 0 heterocycles. The number of hydrogen-bond donors (Lipinski definition) is 2. The number of rotatable bonds is 10. The van der Waals surface area contributed by atoms with Crippen molar-refractivity contribution in [2.24, 2.45) is 0 Å². The molecule has 0 aliphatic carbocycles. The van der Waals surface area contributed by atoms with Gasteiger partial charge in [-0.25, -0.2) is 0 Å². The minimum atomic E-state index is -0.833. The molecular weight excluding hydrogens is 459 g/mol. The summed E-state index contributed by atoms with van der Waals surface area (Å²) in [5, 5.41) is 13.1. The van der Waals surface area contributed by atoms with Gasteiger partial charge >= 0.3 is 0 Å². The van der Waals surface area contributed by atoms with Crippen LogP contribution in [0.25, 0.3) is 0 Å². The lowest BCUT2D eigenvalue weighted by molar-refractivity contribution is -0.141. The van der Waals surface area contributed by atoms with Crippen molar-refractivity contribution in [2.75, 3.05) is 13.2 Å². The highest BCUT2D eigenvalue weighted by Gasteiger charge is 2.31. The van der Waals surface area contributed by atoms with Crippen LogP contribution < -0.4 is 5.32 Å². The molecule has 0 aliphatic heterocycles. The Labute approximate surface area is 203 Å². The Morgan fingerprint density at radius 3 is 2.00 bits per heavy atom. The van der Waals surface area contributed by atoms with Crippen LogP contribution in [0.3, 0.4) is 0 Å². The van der Waals surface area contributed by atoms with Crippen molar-refractivity contribution >= 4 is 35.0 Å². The van der Waals surface area contributed by atoms with Crippen molar-refractivity contribution in [3.05, 3.63) is 106 Å². The van der Waals surface area contributed by atoms with Gasteiger partial charge in [0.05, 0.1) is 6.42 Å². The van der Waals surface area contributed by atoms with E-state index in [9.17, 15) is 9.59 Å². The molecule has 5 nitrogen and oxygen atoms in total. The predicted octanol–water partition coefficient (Wildman–Crippen LogP) is 4.80. The van der Waals surface area contributed by atoms with Crippen molar-refractivity contribution in [2.45, 2.75) is 25.4 Å². The van der Waals surface area contributed by atoms with Gasteiger partial charge in [-0.05, 0) is 47.4 Å². The number of nitrogens with one attached hydrogen (secondary N) is 1. The monoisotopic (exact) mass is 484 g/mol. The van der Waals surface area contributed by atoms with Crippen molar-refractivity contribution < 1.29 is 14.7 Å². The molecule has 0 aliphatic rings. The van der Waals surface area contributed by atoms with E-state index in [0.29, 0.717) is 28.6 Å². The van der Waals surface area contributed by atoms with Gasteiger partial charge in [-0.15, -0.1) is 0 Å². The number of amides is 2. The van der Waals surface area contributed by atoms with Gasteiger partial charge in [0.1, 0.15) is 6.04 Å². The zero-order valence-corrected chi connectivity index (χ0v) is 19.6. The third-order valence-electron chi connectivity index (χ3n) is 5.16. The first-order valence-electron chi connectivity index (χ1n) is 10.7. The van der Waals surface area contributed by atoms with Gasteiger partial charge in [-0.1, -0.05) is 77.8 Å². The Balaban J connectivity index is 1.96. The molecule has 3 aromatic carbocycles. The summed E-state index contributed by atoms with van der Waals surface area (Å²) in [6.07, 6.45) is 0.557. The Morgan fingerprint density at radius 2 is 1.42 bits per heavy atom. The van der Waals surface area contributed by atoms with Gasteiger partial charge in [0.15, 0.2) is 0 Å². The highest BCUT2D eigenvalue weighted by Crippen LogP contribution is 2.25. The number of carbonyl (C=O) groups is 2. The third-order valence-corrected chi connectivity index (χ3v) is 5.67. The van der Waals surface area contributed by atoms with E-state index in [4.69, 9.17) is 28.3 Å². The molecule has 0 spiro atoms. The zero-order chi connectivity index (χ0) is 23.6. The second-order valence-corrected chi connectivity index (χ2v) is 8.51. The number of carbonyl (C=O) groups excluding carboxylic acids is 2. The van der Waals surface area contributed by atoms with Crippen LogP contribution in [-0.2, 0) is 22.6 Å². The molecule has 3 rings (SSSR count). The predicted molar refractivity (Wildman–Crippen MR) is 131 cm³/mol. The van der Waals surface area contributed by atoms with E-state index < -0.39 is 6.04 Å². The third kappa shape index (κ3) is 7.32. The van der Waals surface area contributed by atoms with Crippen LogP contribution in [-0.4, -0.2) is 35.0 Å². The highest BCUT2D eigenvalue weighted by atomic mass is 35.5. The van der Waals surface area contributed by atoms with Crippen LogP contribution in [0.4, 0.5) is 0 Å². The van der Waals surface area contributed by atoms with Crippen molar-refractivity contribution in [3.8, 4) is 0 Å². The number of nitrogens with zero attached hydrogens (tertiary/aromatic N) is 1. The molecule has 0 radical (unpaired) electrons. The quantitative estimate of drug-likeness (QED) is 0.405. The topological polar surface area (TPSA) is 69.6 Å². The Hall–Kier alpha value is -2.86. The van der Waals surface area contributed by atoms with Gasteiger partial charge in [-0.2, -0.15) is 0 Å². The van der Waals surface area contributed by atoms with Crippen molar-refractivity contribution in [1.82, 2.24) is 10.2 Å². The lowest BCUT2D eigenvalue weighted by Gasteiger charge is -2.32. The standard InChI is InChI=1S/C26H26Cl2N2O3/c27-22-11-7-19(8-12-22)17-24(32)30(18-20-9-13-23(28)14-10-20)25(21-5-2-1-3-6-21)26(33)29-15-4-16-31/h1-3,5-14,25,31H,4,15-18H2,(H,29,33). The second kappa shape index (κ2) is 12.4. The van der Waals surface area contributed by atoms with Gasteiger partial charge in [0, 0.05) is 29.7 Å². The van der Waals surface area contributed by atoms with Crippen molar-refractivity contribution in [1.29, 1.82) is 0 Å². The number of benzene rings is 3. The van der Waals surface area contributed by atoms with E-state index in [-0.39, 0.29) is 31.4 Å². The Kier molecular flexibility index (Phi) is 9.31. The Morgan fingerprint density at radius 1 is 0.848 bits per heavy atom. The molecule has 1 atom stereocenters. The average molecular weight is 485 g/mol. The van der Waals surface area contributed by atoms with E-state index in [0.717, 1.165) is 11.1 Å². The lowest BCUT2D eigenvalue weighted by atomic mass is 10.0. The fraction of sp³-hybridized carbons (Fsp3) is 0.231. The fourth-order valence-corrected chi connectivity index (χ4v) is 3.74. The fourth-order valence-electron chi connectivity index (χ4n) is 3.48. The lowest BCUT2D eigenvalue weighted by Crippen LogP contribution is -2.44. The van der Waals surface area contributed by atoms with Crippen LogP contribution in [0.1, 0.15) is 29.2 Å². The van der Waals surface area contributed by atoms with Crippen LogP contribution in [0.15, 0.2) is 78.9 Å². The molecule has 33 heavy (non-hydrogen) atoms. The first-order chi connectivity index (χ1) is 16.0. The molecule has 1 unspecified atom stereocenters.